The van der Waals surface area contributed by atoms with Gasteiger partial charge >= 0.3 is 5.97 Å². The summed E-state index contributed by atoms with van der Waals surface area (Å²) in [5, 5.41) is 8.65. The van der Waals surface area contributed by atoms with E-state index in [-0.39, 0.29) is 6.54 Å². The lowest BCUT2D eigenvalue weighted by atomic mass is 10.2. The molecule has 1 atom stereocenters. The van der Waals surface area contributed by atoms with Crippen LogP contribution >= 0.6 is 11.8 Å². The molecule has 4 heteroatoms. The molecule has 1 fully saturated rings. The fourth-order valence-electron chi connectivity index (χ4n) is 1.42. The largest absolute Gasteiger partial charge is 0.480 e. The molecule has 13 heavy (non-hydrogen) atoms. The molecule has 0 saturated carbocycles. The Hall–Kier alpha value is -0.660. The van der Waals surface area contributed by atoms with Crippen molar-refractivity contribution in [3.63, 3.8) is 0 Å². The molecule has 1 heterocycles. The monoisotopic (exact) mass is 199 g/mol. The Labute approximate surface area is 82.5 Å². The Bertz CT molecular complexity index is 218. The van der Waals surface area contributed by atoms with Gasteiger partial charge in [0.25, 0.3) is 0 Å². The van der Waals surface area contributed by atoms with Gasteiger partial charge in [-0.2, -0.15) is 11.8 Å². The lowest BCUT2D eigenvalue weighted by Crippen LogP contribution is -2.39. The number of carboxylic acids is 1. The van der Waals surface area contributed by atoms with Crippen molar-refractivity contribution in [2.75, 3.05) is 24.6 Å². The summed E-state index contributed by atoms with van der Waals surface area (Å²) in [6.45, 7) is 0.507. The molecule has 0 aromatic rings. The number of carbonyl (C=O) groups is 1. The van der Waals surface area contributed by atoms with E-state index < -0.39 is 5.97 Å². The smallest absolute Gasteiger partial charge is 0.317 e. The highest BCUT2D eigenvalue weighted by Crippen LogP contribution is 2.21. The van der Waals surface area contributed by atoms with Crippen LogP contribution in [0.2, 0.25) is 0 Å². The molecule has 0 bridgehead atoms. The lowest BCUT2D eigenvalue weighted by molar-refractivity contribution is -0.138. The second-order valence-electron chi connectivity index (χ2n) is 3.02. The summed E-state index contributed by atoms with van der Waals surface area (Å²) in [6, 6.07) is 0.358. The number of nitrogens with zero attached hydrogens (tertiary/aromatic N) is 1. The average molecular weight is 199 g/mol. The van der Waals surface area contributed by atoms with E-state index in [0.29, 0.717) is 12.6 Å². The van der Waals surface area contributed by atoms with Crippen molar-refractivity contribution in [1.29, 1.82) is 0 Å². The summed E-state index contributed by atoms with van der Waals surface area (Å²) in [7, 11) is 0. The number of hydrogen-bond acceptors (Lipinski definition) is 3. The van der Waals surface area contributed by atoms with Crippen molar-refractivity contribution < 1.29 is 9.90 Å². The zero-order valence-electron chi connectivity index (χ0n) is 7.40. The molecule has 0 amide bonds. The van der Waals surface area contributed by atoms with Crippen molar-refractivity contribution in [2.24, 2.45) is 0 Å². The van der Waals surface area contributed by atoms with Gasteiger partial charge in [0, 0.05) is 11.8 Å². The van der Waals surface area contributed by atoms with Crippen LogP contribution in [0.1, 0.15) is 6.42 Å². The predicted octanol–water partition coefficient (Wildman–Crippen LogP) is 0.512. The van der Waals surface area contributed by atoms with Gasteiger partial charge in [-0.25, -0.2) is 0 Å². The molecule has 1 aliphatic rings. The normalized spacial score (nSPS) is 21.7. The maximum atomic E-state index is 10.5. The molecule has 1 N–H and O–H groups in total. The fourth-order valence-corrected chi connectivity index (χ4v) is 2.67. The van der Waals surface area contributed by atoms with Crippen molar-refractivity contribution in [1.82, 2.24) is 4.90 Å². The van der Waals surface area contributed by atoms with Crippen LogP contribution in [0.25, 0.3) is 0 Å². The van der Waals surface area contributed by atoms with Crippen LogP contribution in [0.4, 0.5) is 0 Å². The molecule has 0 spiro atoms. The molecule has 1 unspecified atom stereocenters. The minimum atomic E-state index is -0.799. The van der Waals surface area contributed by atoms with E-state index in [1.54, 1.807) is 0 Å². The van der Waals surface area contributed by atoms with E-state index in [1.807, 2.05) is 16.7 Å². The van der Waals surface area contributed by atoms with Crippen LogP contribution in [0.15, 0.2) is 0 Å². The van der Waals surface area contributed by atoms with Crippen molar-refractivity contribution >= 4 is 17.7 Å². The molecule has 0 aliphatic carbocycles. The lowest BCUT2D eigenvalue weighted by Gasteiger charge is -2.23. The SMILES string of the molecule is C#CCN(CC(=O)O)C1CCSC1. The first-order chi connectivity index (χ1) is 6.24. The Morgan fingerprint density at radius 1 is 1.77 bits per heavy atom. The van der Waals surface area contributed by atoms with Crippen LogP contribution in [0.5, 0.6) is 0 Å². The third-order valence-electron chi connectivity index (χ3n) is 2.05. The minimum absolute atomic E-state index is 0.0649. The van der Waals surface area contributed by atoms with Gasteiger partial charge in [0.2, 0.25) is 0 Å². The van der Waals surface area contributed by atoms with E-state index >= 15 is 0 Å². The number of aliphatic carboxylic acids is 1. The van der Waals surface area contributed by atoms with Crippen molar-refractivity contribution in [3.8, 4) is 12.3 Å². The molecule has 0 radical (unpaired) electrons. The van der Waals surface area contributed by atoms with Crippen LogP contribution in [0, 0.1) is 12.3 Å². The van der Waals surface area contributed by atoms with Crippen LogP contribution < -0.4 is 0 Å². The molecule has 1 rings (SSSR count). The first-order valence-corrected chi connectivity index (χ1v) is 5.36. The summed E-state index contributed by atoms with van der Waals surface area (Å²) < 4.78 is 0. The molecule has 1 saturated heterocycles. The fraction of sp³-hybridized carbons (Fsp3) is 0.667. The van der Waals surface area contributed by atoms with Gasteiger partial charge in [-0.1, -0.05) is 5.92 Å². The van der Waals surface area contributed by atoms with E-state index in [4.69, 9.17) is 11.5 Å². The van der Waals surface area contributed by atoms with E-state index in [0.717, 1.165) is 17.9 Å². The van der Waals surface area contributed by atoms with Gasteiger partial charge in [-0.3, -0.25) is 9.69 Å². The van der Waals surface area contributed by atoms with Crippen LogP contribution in [0.3, 0.4) is 0 Å². The van der Waals surface area contributed by atoms with Crippen molar-refractivity contribution in [3.05, 3.63) is 0 Å². The highest BCUT2D eigenvalue weighted by molar-refractivity contribution is 7.99. The number of thioether (sulfide) groups is 1. The quantitative estimate of drug-likeness (QED) is 0.670. The number of terminal acetylenes is 1. The Morgan fingerprint density at radius 3 is 3.00 bits per heavy atom. The first-order valence-electron chi connectivity index (χ1n) is 4.21. The molecule has 3 nitrogen and oxygen atoms in total. The van der Waals surface area contributed by atoms with Crippen molar-refractivity contribution in [2.45, 2.75) is 12.5 Å². The zero-order chi connectivity index (χ0) is 9.68. The average Bonchev–Trinajstić information content (AvgIpc) is 2.54. The standard InChI is InChI=1S/C9H13NO2S/c1-2-4-10(6-9(11)12)8-3-5-13-7-8/h1,8H,3-7H2,(H,11,12). The highest BCUT2D eigenvalue weighted by Gasteiger charge is 2.23. The topological polar surface area (TPSA) is 40.5 Å². The van der Waals surface area contributed by atoms with Crippen LogP contribution in [-0.2, 0) is 4.79 Å². The highest BCUT2D eigenvalue weighted by atomic mass is 32.2. The summed E-state index contributed by atoms with van der Waals surface area (Å²) in [5.41, 5.74) is 0. The zero-order valence-corrected chi connectivity index (χ0v) is 8.22. The van der Waals surface area contributed by atoms with Gasteiger partial charge in [0.05, 0.1) is 13.1 Å². The maximum absolute atomic E-state index is 10.5. The second kappa shape index (κ2) is 5.15. The Balaban J connectivity index is 2.45. The third-order valence-corrected chi connectivity index (χ3v) is 3.20. The maximum Gasteiger partial charge on any atom is 0.317 e. The van der Waals surface area contributed by atoms with Gasteiger partial charge in [-0.15, -0.1) is 6.42 Å². The van der Waals surface area contributed by atoms with Gasteiger partial charge in [0.15, 0.2) is 0 Å². The van der Waals surface area contributed by atoms with Gasteiger partial charge < -0.3 is 5.11 Å². The second-order valence-corrected chi connectivity index (χ2v) is 4.17. The molecule has 1 aliphatic heterocycles. The van der Waals surface area contributed by atoms with Crippen LogP contribution in [-0.4, -0.2) is 46.6 Å². The minimum Gasteiger partial charge on any atom is -0.480 e. The number of hydrogen-bond donors (Lipinski definition) is 1. The summed E-state index contributed by atoms with van der Waals surface area (Å²) in [4.78, 5) is 12.4. The molecule has 0 aromatic heterocycles. The Kier molecular flexibility index (Phi) is 4.13. The third kappa shape index (κ3) is 3.29. The molecule has 72 valence electrons. The summed E-state index contributed by atoms with van der Waals surface area (Å²) in [5.74, 6) is 3.83. The summed E-state index contributed by atoms with van der Waals surface area (Å²) >= 11 is 1.86. The van der Waals surface area contributed by atoms with E-state index in [9.17, 15) is 4.79 Å². The molecular formula is C9H13NO2S. The molecule has 0 aromatic carbocycles. The van der Waals surface area contributed by atoms with E-state index in [2.05, 4.69) is 5.92 Å². The first kappa shape index (κ1) is 10.4. The summed E-state index contributed by atoms with van der Waals surface area (Å²) in [6.07, 6.45) is 6.24. The Morgan fingerprint density at radius 2 is 2.54 bits per heavy atom. The molecular weight excluding hydrogens is 186 g/mol. The predicted molar refractivity (Wildman–Crippen MR) is 53.8 cm³/mol. The van der Waals surface area contributed by atoms with Gasteiger partial charge in [0.1, 0.15) is 0 Å². The number of rotatable bonds is 4. The number of carboxylic acid groups (broad SMARTS) is 1. The van der Waals surface area contributed by atoms with E-state index in [1.165, 1.54) is 0 Å². The van der Waals surface area contributed by atoms with Gasteiger partial charge in [-0.05, 0) is 12.2 Å².